The zero-order valence-corrected chi connectivity index (χ0v) is 17.9. The molecule has 0 amide bonds. The molecule has 1 unspecified atom stereocenters. The number of guanidine groups is 1. The van der Waals surface area contributed by atoms with Gasteiger partial charge in [0.2, 0.25) is 0 Å². The Balaban J connectivity index is 0.00000225. The third-order valence-electron chi connectivity index (χ3n) is 4.55. The lowest BCUT2D eigenvalue weighted by molar-refractivity contribution is -0.0945. The Bertz CT molecular complexity index is 614. The van der Waals surface area contributed by atoms with Gasteiger partial charge >= 0.3 is 0 Å². The molecule has 3 rings (SSSR count). The number of para-hydroxylation sites is 1. The molecule has 1 aromatic rings. The first-order chi connectivity index (χ1) is 11.4. The van der Waals surface area contributed by atoms with E-state index in [0.29, 0.717) is 0 Å². The Morgan fingerprint density at radius 1 is 1.24 bits per heavy atom. The van der Waals surface area contributed by atoms with Crippen molar-refractivity contribution in [2.24, 2.45) is 10.4 Å². The summed E-state index contributed by atoms with van der Waals surface area (Å²) in [5, 5.41) is 6.97. The molecule has 2 N–H and O–H groups in total. The van der Waals surface area contributed by atoms with Gasteiger partial charge < -0.3 is 20.1 Å². The van der Waals surface area contributed by atoms with Crippen LogP contribution in [0.3, 0.4) is 0 Å². The van der Waals surface area contributed by atoms with E-state index in [9.17, 15) is 0 Å². The second-order valence-electron chi connectivity index (χ2n) is 7.80. The molecule has 0 radical (unpaired) electrons. The third kappa shape index (κ3) is 5.00. The maximum atomic E-state index is 6.12. The molecule has 6 heteroatoms. The highest BCUT2D eigenvalue weighted by Crippen LogP contribution is 2.39. The zero-order chi connectivity index (χ0) is 17.2. The Morgan fingerprint density at radius 3 is 2.60 bits per heavy atom. The molecular formula is C19H30IN3O2. The SMILES string of the molecule is CCNC(=NCC1(C)COC1)NC1CC(C)(C)Oc2ccccc21.I. The minimum absolute atomic E-state index is 0. The van der Waals surface area contributed by atoms with Gasteiger partial charge in [0.1, 0.15) is 11.4 Å². The summed E-state index contributed by atoms with van der Waals surface area (Å²) >= 11 is 0. The van der Waals surface area contributed by atoms with Gasteiger partial charge in [-0.1, -0.05) is 25.1 Å². The Morgan fingerprint density at radius 2 is 1.96 bits per heavy atom. The van der Waals surface area contributed by atoms with Gasteiger partial charge in [0.15, 0.2) is 5.96 Å². The van der Waals surface area contributed by atoms with Crippen LogP contribution in [0.1, 0.15) is 45.7 Å². The van der Waals surface area contributed by atoms with E-state index in [-0.39, 0.29) is 41.0 Å². The maximum absolute atomic E-state index is 6.12. The van der Waals surface area contributed by atoms with Crippen molar-refractivity contribution < 1.29 is 9.47 Å². The molecule has 0 bridgehead atoms. The number of hydrogen-bond acceptors (Lipinski definition) is 3. The molecule has 140 valence electrons. The largest absolute Gasteiger partial charge is 0.487 e. The highest BCUT2D eigenvalue weighted by Gasteiger charge is 2.35. The van der Waals surface area contributed by atoms with Crippen LogP contribution in [0.25, 0.3) is 0 Å². The highest BCUT2D eigenvalue weighted by molar-refractivity contribution is 14.0. The van der Waals surface area contributed by atoms with Gasteiger partial charge in [-0.2, -0.15) is 0 Å². The summed E-state index contributed by atoms with van der Waals surface area (Å²) in [5.41, 5.74) is 1.17. The molecule has 0 spiro atoms. The van der Waals surface area contributed by atoms with Crippen LogP contribution < -0.4 is 15.4 Å². The van der Waals surface area contributed by atoms with Gasteiger partial charge in [0.25, 0.3) is 0 Å². The van der Waals surface area contributed by atoms with Crippen LogP contribution in [-0.4, -0.2) is 37.9 Å². The van der Waals surface area contributed by atoms with Gasteiger partial charge in [0.05, 0.1) is 25.8 Å². The third-order valence-corrected chi connectivity index (χ3v) is 4.55. The van der Waals surface area contributed by atoms with E-state index in [1.807, 2.05) is 12.1 Å². The minimum Gasteiger partial charge on any atom is -0.487 e. The van der Waals surface area contributed by atoms with Crippen molar-refractivity contribution in [2.75, 3.05) is 26.3 Å². The number of nitrogens with one attached hydrogen (secondary N) is 2. The Hall–Kier alpha value is -1.02. The normalized spacial score (nSPS) is 23.4. The summed E-state index contributed by atoms with van der Waals surface area (Å²) in [6, 6.07) is 8.45. The topological polar surface area (TPSA) is 54.9 Å². The molecule has 0 aromatic heterocycles. The number of halogens is 1. The van der Waals surface area contributed by atoms with E-state index in [1.165, 1.54) is 5.56 Å². The second kappa shape index (κ2) is 8.12. The van der Waals surface area contributed by atoms with Crippen molar-refractivity contribution in [3.63, 3.8) is 0 Å². The second-order valence-corrected chi connectivity index (χ2v) is 7.80. The van der Waals surface area contributed by atoms with Gasteiger partial charge in [-0.15, -0.1) is 24.0 Å². The van der Waals surface area contributed by atoms with Crippen molar-refractivity contribution in [1.29, 1.82) is 0 Å². The molecule has 2 heterocycles. The van der Waals surface area contributed by atoms with Crippen molar-refractivity contribution >= 4 is 29.9 Å². The Kier molecular flexibility index (Phi) is 6.59. The fraction of sp³-hybridized carbons (Fsp3) is 0.632. The van der Waals surface area contributed by atoms with E-state index in [4.69, 9.17) is 14.5 Å². The summed E-state index contributed by atoms with van der Waals surface area (Å²) in [5.74, 6) is 1.82. The molecule has 0 aliphatic carbocycles. The summed E-state index contributed by atoms with van der Waals surface area (Å²) in [4.78, 5) is 4.80. The van der Waals surface area contributed by atoms with E-state index in [1.54, 1.807) is 0 Å². The number of aliphatic imine (C=N–C) groups is 1. The number of rotatable bonds is 4. The molecule has 0 saturated carbocycles. The monoisotopic (exact) mass is 459 g/mol. The number of ether oxygens (including phenoxy) is 2. The van der Waals surface area contributed by atoms with Crippen LogP contribution in [0.5, 0.6) is 5.75 Å². The molecule has 5 nitrogen and oxygen atoms in total. The number of fused-ring (bicyclic) bond motifs is 1. The summed E-state index contributed by atoms with van der Waals surface area (Å²) in [6.07, 6.45) is 0.898. The van der Waals surface area contributed by atoms with Crippen LogP contribution in [-0.2, 0) is 4.74 Å². The standard InChI is InChI=1S/C19H29N3O2.HI/c1-5-20-17(21-11-19(4)12-23-13-19)22-15-10-18(2,3)24-16-9-7-6-8-14(15)16;/h6-9,15H,5,10-13H2,1-4H3,(H2,20,21,22);1H. The maximum Gasteiger partial charge on any atom is 0.191 e. The van der Waals surface area contributed by atoms with Gasteiger partial charge in [-0.05, 0) is 26.8 Å². The highest BCUT2D eigenvalue weighted by atomic mass is 127. The Labute approximate surface area is 168 Å². The van der Waals surface area contributed by atoms with Gasteiger partial charge in [-0.25, -0.2) is 0 Å². The van der Waals surface area contributed by atoms with Crippen LogP contribution in [0.4, 0.5) is 0 Å². The number of hydrogen-bond donors (Lipinski definition) is 2. The fourth-order valence-electron chi connectivity index (χ4n) is 3.23. The predicted octanol–water partition coefficient (Wildman–Crippen LogP) is 3.50. The molecule has 25 heavy (non-hydrogen) atoms. The van der Waals surface area contributed by atoms with Crippen LogP contribution in [0.15, 0.2) is 29.3 Å². The molecule has 1 fully saturated rings. The first-order valence-electron chi connectivity index (χ1n) is 8.81. The van der Waals surface area contributed by atoms with E-state index < -0.39 is 0 Å². The lowest BCUT2D eigenvalue weighted by Crippen LogP contribution is -2.47. The van der Waals surface area contributed by atoms with Crippen LogP contribution in [0.2, 0.25) is 0 Å². The van der Waals surface area contributed by atoms with Gasteiger partial charge in [0, 0.05) is 23.9 Å². The van der Waals surface area contributed by atoms with E-state index in [2.05, 4.69) is 50.5 Å². The number of benzene rings is 1. The molecule has 2 aliphatic rings. The lowest BCUT2D eigenvalue weighted by Gasteiger charge is -2.39. The summed E-state index contributed by atoms with van der Waals surface area (Å²) < 4.78 is 11.4. The fourth-order valence-corrected chi connectivity index (χ4v) is 3.23. The minimum atomic E-state index is -0.197. The quantitative estimate of drug-likeness (QED) is 0.411. The summed E-state index contributed by atoms with van der Waals surface area (Å²) in [7, 11) is 0. The molecule has 1 aromatic carbocycles. The van der Waals surface area contributed by atoms with Crippen molar-refractivity contribution in [3.8, 4) is 5.75 Å². The smallest absolute Gasteiger partial charge is 0.191 e. The zero-order valence-electron chi connectivity index (χ0n) is 15.6. The van der Waals surface area contributed by atoms with Crippen molar-refractivity contribution in [3.05, 3.63) is 29.8 Å². The average molecular weight is 459 g/mol. The molecule has 1 saturated heterocycles. The van der Waals surface area contributed by atoms with Crippen LogP contribution in [0, 0.1) is 5.41 Å². The molecule has 2 aliphatic heterocycles. The average Bonchev–Trinajstić information content (AvgIpc) is 2.50. The van der Waals surface area contributed by atoms with E-state index in [0.717, 1.165) is 44.4 Å². The van der Waals surface area contributed by atoms with Crippen molar-refractivity contribution in [2.45, 2.75) is 45.8 Å². The number of nitrogens with zero attached hydrogens (tertiary/aromatic N) is 1. The van der Waals surface area contributed by atoms with Crippen LogP contribution >= 0.6 is 24.0 Å². The summed E-state index contributed by atoms with van der Waals surface area (Å²) in [6.45, 7) is 11.8. The molecule has 1 atom stereocenters. The van der Waals surface area contributed by atoms with Gasteiger partial charge in [-0.3, -0.25) is 4.99 Å². The first kappa shape index (κ1) is 20.3. The predicted molar refractivity (Wildman–Crippen MR) is 112 cm³/mol. The van der Waals surface area contributed by atoms with E-state index >= 15 is 0 Å². The lowest BCUT2D eigenvalue weighted by atomic mass is 9.89. The first-order valence-corrected chi connectivity index (χ1v) is 8.81. The van der Waals surface area contributed by atoms with Crippen molar-refractivity contribution in [1.82, 2.24) is 10.6 Å². The molecular weight excluding hydrogens is 429 g/mol.